The minimum Gasteiger partial charge on any atom is -0.507 e. The average molecular weight is 372 g/mol. The number of carbonyl (C=O) groups is 2. The van der Waals surface area contributed by atoms with E-state index in [-0.39, 0.29) is 32.7 Å². The minimum atomic E-state index is -1.36. The van der Waals surface area contributed by atoms with Gasteiger partial charge in [0.05, 0.1) is 21.2 Å². The summed E-state index contributed by atoms with van der Waals surface area (Å²) in [5, 5.41) is 17.7. The molecule has 23 heavy (non-hydrogen) atoms. The first-order valence-electron chi connectivity index (χ1n) is 6.23. The maximum Gasteiger partial charge on any atom is 0.401 e. The Morgan fingerprint density at radius 2 is 1.43 bits per heavy atom. The molecule has 0 saturated heterocycles. The Kier molecular flexibility index (Phi) is 5.31. The van der Waals surface area contributed by atoms with Gasteiger partial charge in [-0.3, -0.25) is 4.79 Å². The van der Waals surface area contributed by atoms with Crippen molar-refractivity contribution in [2.24, 2.45) is 0 Å². The minimum absolute atomic E-state index is 0.0657. The Hall–Kier alpha value is -2.01. The third kappa shape index (κ3) is 3.85. The molecule has 1 aliphatic rings. The van der Waals surface area contributed by atoms with E-state index in [0.29, 0.717) is 0 Å². The second kappa shape index (κ2) is 7.04. The molecule has 2 aromatic carbocycles. The number of benzene rings is 2. The van der Waals surface area contributed by atoms with E-state index in [1.807, 2.05) is 12.2 Å². The van der Waals surface area contributed by atoms with Crippen LogP contribution in [0.2, 0.25) is 10.0 Å². The van der Waals surface area contributed by atoms with E-state index in [2.05, 4.69) is 11.6 Å². The monoisotopic (exact) mass is 370 g/mol. The highest BCUT2D eigenvalue weighted by molar-refractivity contribution is 6.60. The van der Waals surface area contributed by atoms with Crippen molar-refractivity contribution in [2.75, 3.05) is 0 Å². The van der Waals surface area contributed by atoms with Crippen LogP contribution in [0.15, 0.2) is 30.3 Å². The number of rotatable bonds is 2. The zero-order valence-electron chi connectivity index (χ0n) is 11.4. The number of hydrogen-bond acceptors (Lipinski definition) is 3. The van der Waals surface area contributed by atoms with Crippen LogP contribution in [0, 0.1) is 0 Å². The standard InChI is InChI=1S/C15H8Cl2O2.CHClO2/c16-11-2-1-3-12(17)14(11)15(19)10-6-8-4-5-9(8)7-13(10)18;2-1(3)4/h1-7,18H;(H,3,4). The first-order chi connectivity index (χ1) is 10.8. The van der Waals surface area contributed by atoms with Crippen molar-refractivity contribution in [3.63, 3.8) is 0 Å². The summed E-state index contributed by atoms with van der Waals surface area (Å²) in [5.74, 6) is -0.444. The van der Waals surface area contributed by atoms with Crippen molar-refractivity contribution in [2.45, 2.75) is 0 Å². The van der Waals surface area contributed by atoms with E-state index < -0.39 is 5.43 Å². The average Bonchev–Trinajstić information content (AvgIpc) is 2.42. The molecule has 7 heteroatoms. The van der Waals surface area contributed by atoms with Gasteiger partial charge in [0.25, 0.3) is 0 Å². The van der Waals surface area contributed by atoms with Crippen LogP contribution in [0.3, 0.4) is 0 Å². The lowest BCUT2D eigenvalue weighted by Gasteiger charge is -2.14. The Balaban J connectivity index is 0.000000433. The molecule has 3 rings (SSSR count). The summed E-state index contributed by atoms with van der Waals surface area (Å²) in [7, 11) is 0. The van der Waals surface area contributed by atoms with E-state index in [0.717, 1.165) is 11.1 Å². The summed E-state index contributed by atoms with van der Waals surface area (Å²) in [6, 6.07) is 8.07. The lowest BCUT2D eigenvalue weighted by molar-refractivity contribution is 0.103. The Morgan fingerprint density at radius 3 is 1.91 bits per heavy atom. The fourth-order valence-electron chi connectivity index (χ4n) is 2.02. The topological polar surface area (TPSA) is 74.6 Å². The van der Waals surface area contributed by atoms with Gasteiger partial charge in [0.15, 0.2) is 5.78 Å². The van der Waals surface area contributed by atoms with Crippen LogP contribution in [0.4, 0.5) is 4.79 Å². The predicted octanol–water partition coefficient (Wildman–Crippen LogP) is 5.32. The van der Waals surface area contributed by atoms with E-state index in [1.165, 1.54) is 0 Å². The van der Waals surface area contributed by atoms with Crippen LogP contribution < -0.4 is 0 Å². The quantitative estimate of drug-likeness (QED) is 0.472. The molecule has 0 atom stereocenters. The number of fused-ring (bicyclic) bond motifs is 1. The summed E-state index contributed by atoms with van der Waals surface area (Å²) in [4.78, 5) is 21.2. The summed E-state index contributed by atoms with van der Waals surface area (Å²) in [6.07, 6.45) is 3.74. The molecule has 1 aliphatic carbocycles. The summed E-state index contributed by atoms with van der Waals surface area (Å²) in [6.45, 7) is 0. The second-order valence-corrected chi connectivity index (χ2v) is 5.65. The van der Waals surface area contributed by atoms with Gasteiger partial charge in [-0.1, -0.05) is 41.4 Å². The normalized spacial score (nSPS) is 10.9. The number of ketones is 1. The van der Waals surface area contributed by atoms with Crippen LogP contribution in [0.1, 0.15) is 27.0 Å². The van der Waals surface area contributed by atoms with E-state index in [1.54, 1.807) is 30.3 Å². The molecule has 0 radical (unpaired) electrons. The number of carboxylic acid groups (broad SMARTS) is 1. The Bertz CT molecular complexity index is 804. The molecule has 0 aliphatic heterocycles. The lowest BCUT2D eigenvalue weighted by Crippen LogP contribution is -2.05. The van der Waals surface area contributed by atoms with E-state index >= 15 is 0 Å². The van der Waals surface area contributed by atoms with Crippen molar-refractivity contribution in [3.8, 4) is 5.75 Å². The van der Waals surface area contributed by atoms with Crippen molar-refractivity contribution in [1.82, 2.24) is 0 Å². The Morgan fingerprint density at radius 1 is 0.957 bits per heavy atom. The molecule has 2 N–H and O–H groups in total. The highest BCUT2D eigenvalue weighted by atomic mass is 35.5. The first kappa shape index (κ1) is 17.3. The first-order valence-corrected chi connectivity index (χ1v) is 7.37. The van der Waals surface area contributed by atoms with Crippen LogP contribution in [0.5, 0.6) is 5.75 Å². The predicted molar refractivity (Wildman–Crippen MR) is 90.8 cm³/mol. The van der Waals surface area contributed by atoms with Gasteiger partial charge in [-0.05, 0) is 35.4 Å². The zero-order valence-corrected chi connectivity index (χ0v) is 13.7. The van der Waals surface area contributed by atoms with Crippen molar-refractivity contribution < 1.29 is 19.8 Å². The van der Waals surface area contributed by atoms with Crippen LogP contribution in [0.25, 0.3) is 12.2 Å². The van der Waals surface area contributed by atoms with Gasteiger partial charge < -0.3 is 10.2 Å². The second-order valence-electron chi connectivity index (χ2n) is 4.51. The summed E-state index contributed by atoms with van der Waals surface area (Å²) >= 11 is 16.2. The summed E-state index contributed by atoms with van der Waals surface area (Å²) in [5.41, 5.74) is 0.895. The van der Waals surface area contributed by atoms with Gasteiger partial charge in [-0.25, -0.2) is 4.79 Å². The number of halogens is 3. The smallest absolute Gasteiger partial charge is 0.401 e. The van der Waals surface area contributed by atoms with Crippen LogP contribution in [-0.4, -0.2) is 21.4 Å². The molecular formula is C16H9Cl3O4. The largest absolute Gasteiger partial charge is 0.507 e. The highest BCUT2D eigenvalue weighted by Crippen LogP contribution is 2.34. The molecule has 118 valence electrons. The van der Waals surface area contributed by atoms with Gasteiger partial charge in [0, 0.05) is 11.6 Å². The number of aromatic hydroxyl groups is 1. The lowest BCUT2D eigenvalue weighted by atomic mass is 9.92. The molecule has 2 aromatic rings. The molecule has 4 nitrogen and oxygen atoms in total. The molecule has 0 unspecified atom stereocenters. The molecule has 0 bridgehead atoms. The fraction of sp³-hybridized carbons (Fsp3) is 0. The maximum atomic E-state index is 12.4. The highest BCUT2D eigenvalue weighted by Gasteiger charge is 2.21. The Labute approximate surface area is 146 Å². The van der Waals surface area contributed by atoms with Gasteiger partial charge in [-0.2, -0.15) is 0 Å². The van der Waals surface area contributed by atoms with Crippen molar-refractivity contribution in [3.05, 3.63) is 62.6 Å². The number of phenols is 1. The molecule has 0 amide bonds. The molecule has 0 saturated carbocycles. The molecule has 0 fully saturated rings. The molecule has 0 aromatic heterocycles. The molecular weight excluding hydrogens is 363 g/mol. The number of carbonyl (C=O) groups excluding carboxylic acids is 1. The van der Waals surface area contributed by atoms with Gasteiger partial charge >= 0.3 is 5.43 Å². The van der Waals surface area contributed by atoms with Gasteiger partial charge in [0.2, 0.25) is 0 Å². The van der Waals surface area contributed by atoms with Crippen molar-refractivity contribution in [1.29, 1.82) is 0 Å². The number of hydrogen-bond donors (Lipinski definition) is 2. The molecule has 0 spiro atoms. The third-order valence-corrected chi connectivity index (χ3v) is 3.71. The van der Waals surface area contributed by atoms with E-state index in [9.17, 15) is 9.90 Å². The number of phenolic OH excluding ortho intramolecular Hbond substituents is 1. The van der Waals surface area contributed by atoms with Crippen LogP contribution >= 0.6 is 34.8 Å². The zero-order chi connectivity index (χ0) is 17.1. The van der Waals surface area contributed by atoms with Gasteiger partial charge in [0.1, 0.15) is 5.75 Å². The van der Waals surface area contributed by atoms with Crippen LogP contribution in [-0.2, 0) is 0 Å². The SMILES string of the molecule is O=C(O)Cl.O=C(c1cc2c(cc1O)C=C2)c1c(Cl)cccc1Cl. The molecule has 0 heterocycles. The van der Waals surface area contributed by atoms with Gasteiger partial charge in [-0.15, -0.1) is 0 Å². The van der Waals surface area contributed by atoms with E-state index in [4.69, 9.17) is 33.1 Å². The summed E-state index contributed by atoms with van der Waals surface area (Å²) < 4.78 is 0. The fourth-order valence-corrected chi connectivity index (χ4v) is 2.59. The van der Waals surface area contributed by atoms with Crippen molar-refractivity contribution >= 4 is 58.2 Å². The maximum absolute atomic E-state index is 12.4. The third-order valence-electron chi connectivity index (χ3n) is 3.08.